The molecule has 1 amide bonds. The number of aromatic nitrogens is 1. The number of carbonyl (C=O) groups excluding carboxylic acids is 2. The number of aliphatic carboxylic acids is 1. The van der Waals surface area contributed by atoms with E-state index in [0.29, 0.717) is 12.2 Å². The predicted octanol–water partition coefficient (Wildman–Crippen LogP) is 2.57. The van der Waals surface area contributed by atoms with E-state index in [-0.39, 0.29) is 17.3 Å². The number of ketones is 1. The van der Waals surface area contributed by atoms with Crippen molar-refractivity contribution in [1.82, 2.24) is 15.0 Å². The molecule has 30 heavy (non-hydrogen) atoms. The number of pyridine rings is 1. The Morgan fingerprint density at radius 3 is 2.57 bits per heavy atom. The van der Waals surface area contributed by atoms with E-state index in [1.165, 1.54) is 11.9 Å². The molecule has 1 unspecified atom stereocenters. The molecule has 0 radical (unpaired) electrons. The second kappa shape index (κ2) is 7.87. The average molecular weight is 408 g/mol. The summed E-state index contributed by atoms with van der Waals surface area (Å²) >= 11 is 0. The van der Waals surface area contributed by atoms with Crippen molar-refractivity contribution in [2.45, 2.75) is 45.2 Å². The van der Waals surface area contributed by atoms with Crippen LogP contribution < -0.4 is 5.32 Å². The average Bonchev–Trinajstić information content (AvgIpc) is 2.68. The number of likely N-dealkylation sites (N-methyl/N-ethyl adjacent to an activating group) is 1. The number of carbonyl (C=O) groups is 3. The maximum atomic E-state index is 13.4. The van der Waals surface area contributed by atoms with Gasteiger partial charge in [0.1, 0.15) is 5.70 Å². The third kappa shape index (κ3) is 3.23. The van der Waals surface area contributed by atoms with Crippen LogP contribution in [0.4, 0.5) is 5.69 Å². The Hall–Kier alpha value is -3.26. The zero-order valence-electron chi connectivity index (χ0n) is 17.0. The Morgan fingerprint density at radius 1 is 1.23 bits per heavy atom. The van der Waals surface area contributed by atoms with Crippen LogP contribution in [0.15, 0.2) is 47.9 Å². The summed E-state index contributed by atoms with van der Waals surface area (Å²) < 4.78 is 0. The van der Waals surface area contributed by atoms with Gasteiger partial charge in [-0.15, -0.1) is 0 Å². The van der Waals surface area contributed by atoms with Gasteiger partial charge in [0.05, 0.1) is 17.5 Å². The fourth-order valence-corrected chi connectivity index (χ4v) is 4.20. The minimum Gasteiger partial charge on any atom is -0.480 e. The fourth-order valence-electron chi connectivity index (χ4n) is 4.20. The van der Waals surface area contributed by atoms with Crippen LogP contribution in [0.1, 0.15) is 33.1 Å². The third-order valence-electron chi connectivity index (χ3n) is 5.82. The highest BCUT2D eigenvalue weighted by Crippen LogP contribution is 2.36. The van der Waals surface area contributed by atoms with Crippen LogP contribution in [0.5, 0.6) is 0 Å². The molecular formula is C22H24N4O4. The number of hydrazine groups is 1. The van der Waals surface area contributed by atoms with Crippen LogP contribution in [0.3, 0.4) is 0 Å². The van der Waals surface area contributed by atoms with Crippen molar-refractivity contribution < 1.29 is 19.5 Å². The van der Waals surface area contributed by atoms with E-state index >= 15 is 0 Å². The molecule has 2 heterocycles. The Balaban J connectivity index is 1.87. The van der Waals surface area contributed by atoms with Crippen LogP contribution in [-0.2, 0) is 14.4 Å². The Labute approximate surface area is 174 Å². The van der Waals surface area contributed by atoms with Crippen molar-refractivity contribution in [3.8, 4) is 0 Å². The summed E-state index contributed by atoms with van der Waals surface area (Å²) in [5.41, 5.74) is 0.537. The molecule has 0 bridgehead atoms. The van der Waals surface area contributed by atoms with E-state index in [4.69, 9.17) is 0 Å². The summed E-state index contributed by atoms with van der Waals surface area (Å²) in [6, 6.07) is 6.25. The highest BCUT2D eigenvalue weighted by atomic mass is 16.4. The Kier molecular flexibility index (Phi) is 5.26. The monoisotopic (exact) mass is 408 g/mol. The van der Waals surface area contributed by atoms with Gasteiger partial charge in [0, 0.05) is 29.6 Å². The molecular weight excluding hydrogens is 384 g/mol. The minimum absolute atomic E-state index is 0.00507. The van der Waals surface area contributed by atoms with Crippen molar-refractivity contribution in [2.24, 2.45) is 0 Å². The number of fused-ring (bicyclic) bond motifs is 1. The van der Waals surface area contributed by atoms with Gasteiger partial charge in [-0.2, -0.15) is 5.01 Å². The van der Waals surface area contributed by atoms with Crippen LogP contribution in [0.25, 0.3) is 10.8 Å². The molecule has 0 spiro atoms. The van der Waals surface area contributed by atoms with Gasteiger partial charge < -0.3 is 10.4 Å². The molecule has 2 aliphatic rings. The van der Waals surface area contributed by atoms with E-state index in [1.54, 1.807) is 24.3 Å². The van der Waals surface area contributed by atoms with Gasteiger partial charge in [0.25, 0.3) is 5.91 Å². The lowest BCUT2D eigenvalue weighted by Crippen LogP contribution is -2.65. The molecule has 1 fully saturated rings. The number of rotatable bonds is 6. The second-order valence-electron chi connectivity index (χ2n) is 7.60. The summed E-state index contributed by atoms with van der Waals surface area (Å²) in [6.45, 7) is 3.42. The van der Waals surface area contributed by atoms with E-state index in [9.17, 15) is 19.5 Å². The van der Waals surface area contributed by atoms with Crippen LogP contribution in [0.2, 0.25) is 0 Å². The number of carboxylic acids is 1. The summed E-state index contributed by atoms with van der Waals surface area (Å²) in [7, 11) is 0. The maximum absolute atomic E-state index is 13.4. The molecule has 1 aromatic heterocycles. The van der Waals surface area contributed by atoms with Crippen molar-refractivity contribution >= 4 is 34.1 Å². The van der Waals surface area contributed by atoms with Crippen molar-refractivity contribution in [1.29, 1.82) is 0 Å². The predicted molar refractivity (Wildman–Crippen MR) is 111 cm³/mol. The molecule has 8 heteroatoms. The van der Waals surface area contributed by atoms with E-state index < -0.39 is 23.7 Å². The number of amides is 1. The molecule has 2 N–H and O–H groups in total. The quantitative estimate of drug-likeness (QED) is 0.757. The van der Waals surface area contributed by atoms with Crippen LogP contribution in [-0.4, -0.2) is 56.4 Å². The molecule has 4 rings (SSSR count). The molecule has 156 valence electrons. The number of Topliss-reactive ketones (excluding diaryl/α,β-unsaturated/α-hetero) is 1. The molecule has 1 aliphatic carbocycles. The zero-order valence-corrected chi connectivity index (χ0v) is 17.0. The first-order valence-electron chi connectivity index (χ1n) is 10.1. The first-order valence-corrected chi connectivity index (χ1v) is 10.1. The minimum atomic E-state index is -1.21. The Bertz CT molecular complexity index is 1050. The highest BCUT2D eigenvalue weighted by molar-refractivity contribution is 6.12. The van der Waals surface area contributed by atoms with Gasteiger partial charge in [-0.05, 0) is 26.7 Å². The van der Waals surface area contributed by atoms with E-state index in [0.717, 1.165) is 30.0 Å². The van der Waals surface area contributed by atoms with Crippen molar-refractivity contribution in [3.63, 3.8) is 0 Å². The standard InChI is InChI=1S/C22H24N4O4/c1-3-25-21(28)19(24-17-12-23-11-14-7-4-5-10-16(14)17)18(13(2)27)20(22(29)30)26(25)15-8-6-9-15/h4-5,7,10-12,15,20,24H,3,6,8-9H2,1-2H3,(H,29,30). The van der Waals surface area contributed by atoms with E-state index in [1.807, 2.05) is 24.3 Å². The van der Waals surface area contributed by atoms with Gasteiger partial charge in [0.15, 0.2) is 11.8 Å². The maximum Gasteiger partial charge on any atom is 0.327 e. The zero-order chi connectivity index (χ0) is 21.4. The summed E-state index contributed by atoms with van der Waals surface area (Å²) in [4.78, 5) is 42.6. The second-order valence-corrected chi connectivity index (χ2v) is 7.60. The first-order chi connectivity index (χ1) is 14.4. The molecule has 1 aliphatic heterocycles. The normalized spacial score (nSPS) is 20.4. The lowest BCUT2D eigenvalue weighted by Gasteiger charge is -2.49. The van der Waals surface area contributed by atoms with Gasteiger partial charge in [-0.25, -0.2) is 0 Å². The number of benzene rings is 1. The molecule has 0 saturated heterocycles. The Morgan fingerprint density at radius 2 is 1.97 bits per heavy atom. The van der Waals surface area contributed by atoms with Gasteiger partial charge in [0.2, 0.25) is 0 Å². The van der Waals surface area contributed by atoms with Gasteiger partial charge in [-0.3, -0.25) is 24.4 Å². The van der Waals surface area contributed by atoms with Gasteiger partial charge in [-0.1, -0.05) is 30.7 Å². The summed E-state index contributed by atoms with van der Waals surface area (Å²) in [5.74, 6) is -1.99. The first kappa shape index (κ1) is 20.0. The topological polar surface area (TPSA) is 103 Å². The number of nitrogens with zero attached hydrogens (tertiary/aromatic N) is 3. The lowest BCUT2D eigenvalue weighted by atomic mass is 9.88. The molecule has 2 aromatic rings. The third-order valence-corrected chi connectivity index (χ3v) is 5.82. The van der Waals surface area contributed by atoms with Crippen molar-refractivity contribution in [2.75, 3.05) is 11.9 Å². The van der Waals surface area contributed by atoms with Crippen LogP contribution >= 0.6 is 0 Å². The summed E-state index contributed by atoms with van der Waals surface area (Å²) in [6.07, 6.45) is 5.86. The molecule has 8 nitrogen and oxygen atoms in total. The largest absolute Gasteiger partial charge is 0.480 e. The number of carboxylic acid groups (broad SMARTS) is 1. The van der Waals surface area contributed by atoms with Crippen LogP contribution in [0, 0.1) is 0 Å². The summed E-state index contributed by atoms with van der Waals surface area (Å²) in [5, 5.41) is 17.9. The number of anilines is 1. The number of nitrogens with one attached hydrogen (secondary N) is 1. The molecule has 1 saturated carbocycles. The highest BCUT2D eigenvalue weighted by Gasteiger charge is 2.48. The fraction of sp³-hybridized carbons (Fsp3) is 0.364. The molecule has 1 atom stereocenters. The lowest BCUT2D eigenvalue weighted by molar-refractivity contribution is -0.173. The van der Waals surface area contributed by atoms with Gasteiger partial charge >= 0.3 is 5.97 Å². The SMILES string of the molecule is CCN1C(=O)C(Nc2cncc3ccccc23)=C(C(C)=O)C(C(=O)O)N1C1CCC1. The van der Waals surface area contributed by atoms with Crippen molar-refractivity contribution in [3.05, 3.63) is 47.9 Å². The molecule has 1 aromatic carbocycles. The van der Waals surface area contributed by atoms with E-state index in [2.05, 4.69) is 10.3 Å². The number of hydrogen-bond acceptors (Lipinski definition) is 6. The number of hydrogen-bond donors (Lipinski definition) is 2. The smallest absolute Gasteiger partial charge is 0.327 e.